The first-order valence-corrected chi connectivity index (χ1v) is 9.52. The molecular weight excluding hydrogens is 338 g/mol. The zero-order valence-electron chi connectivity index (χ0n) is 16.4. The maximum Gasteiger partial charge on any atom is 0.161 e. The Labute approximate surface area is 160 Å². The van der Waals surface area contributed by atoms with Gasteiger partial charge in [0.2, 0.25) is 0 Å². The summed E-state index contributed by atoms with van der Waals surface area (Å²) in [6.45, 7) is 7.57. The van der Waals surface area contributed by atoms with Gasteiger partial charge < -0.3 is 19.2 Å². The molecule has 3 heterocycles. The second kappa shape index (κ2) is 7.33. The molecule has 5 heteroatoms. The summed E-state index contributed by atoms with van der Waals surface area (Å²) in [5, 5.41) is 3.77. The molecule has 1 aliphatic rings. The average Bonchev–Trinajstić information content (AvgIpc) is 2.98. The molecule has 0 spiro atoms. The fourth-order valence-electron chi connectivity index (χ4n) is 4.03. The average molecular weight is 365 g/mol. The number of hydrogen-bond donors (Lipinski definition) is 1. The van der Waals surface area contributed by atoms with Gasteiger partial charge in [0.15, 0.2) is 5.65 Å². The minimum atomic E-state index is -0.0103. The van der Waals surface area contributed by atoms with Crippen molar-refractivity contribution >= 4 is 11.3 Å². The maximum atomic E-state index is 6.30. The Bertz CT molecular complexity index is 936. The molecule has 0 radical (unpaired) electrons. The number of pyridine rings is 1. The van der Waals surface area contributed by atoms with Crippen LogP contribution in [-0.4, -0.2) is 29.7 Å². The summed E-state index contributed by atoms with van der Waals surface area (Å²) in [5.41, 5.74) is 6.69. The smallest absolute Gasteiger partial charge is 0.161 e. The van der Waals surface area contributed by atoms with E-state index in [9.17, 15) is 0 Å². The monoisotopic (exact) mass is 365 g/mol. The van der Waals surface area contributed by atoms with Crippen molar-refractivity contribution in [3.05, 3.63) is 65.1 Å². The second-order valence-corrected chi connectivity index (χ2v) is 7.30. The second-order valence-electron chi connectivity index (χ2n) is 7.30. The predicted molar refractivity (Wildman–Crippen MR) is 107 cm³/mol. The van der Waals surface area contributed by atoms with E-state index < -0.39 is 0 Å². The molecule has 1 aromatic carbocycles. The lowest BCUT2D eigenvalue weighted by Gasteiger charge is -2.39. The van der Waals surface area contributed by atoms with Crippen LogP contribution in [0.5, 0.6) is 0 Å². The minimum absolute atomic E-state index is 0.0103. The number of ether oxygens (including phenoxy) is 2. The third kappa shape index (κ3) is 3.11. The molecule has 3 atom stereocenters. The number of nitrogens with zero attached hydrogens (tertiary/aromatic N) is 2. The zero-order chi connectivity index (χ0) is 19.0. The minimum Gasteiger partial charge on any atom is -0.382 e. The van der Waals surface area contributed by atoms with Crippen LogP contribution in [0.1, 0.15) is 41.6 Å². The Hall–Kier alpha value is -2.37. The van der Waals surface area contributed by atoms with E-state index >= 15 is 0 Å². The SMILES string of the molecule is COCCO[C@@H]1c2ccn3c(C)c(C)nc3c2N[C@H](c2ccccc2)C1C. The van der Waals surface area contributed by atoms with Crippen molar-refractivity contribution in [2.75, 3.05) is 25.6 Å². The Morgan fingerprint density at radius 2 is 1.89 bits per heavy atom. The lowest BCUT2D eigenvalue weighted by atomic mass is 9.82. The molecular formula is C22H27N3O2. The molecule has 0 saturated heterocycles. The summed E-state index contributed by atoms with van der Waals surface area (Å²) >= 11 is 0. The third-order valence-electron chi connectivity index (χ3n) is 5.66. The number of aryl methyl sites for hydroxylation is 2. The van der Waals surface area contributed by atoms with Gasteiger partial charge in [0.05, 0.1) is 36.7 Å². The molecule has 142 valence electrons. The van der Waals surface area contributed by atoms with E-state index in [0.29, 0.717) is 13.2 Å². The first-order valence-electron chi connectivity index (χ1n) is 9.52. The summed E-state index contributed by atoms with van der Waals surface area (Å²) in [6, 6.07) is 12.9. The molecule has 0 saturated carbocycles. The molecule has 1 aliphatic heterocycles. The van der Waals surface area contributed by atoms with Crippen molar-refractivity contribution in [3.8, 4) is 0 Å². The van der Waals surface area contributed by atoms with Gasteiger partial charge in [0.1, 0.15) is 0 Å². The Morgan fingerprint density at radius 1 is 1.11 bits per heavy atom. The van der Waals surface area contributed by atoms with Crippen LogP contribution in [-0.2, 0) is 9.47 Å². The zero-order valence-corrected chi connectivity index (χ0v) is 16.4. The van der Waals surface area contributed by atoms with Crippen molar-refractivity contribution in [2.24, 2.45) is 5.92 Å². The highest BCUT2D eigenvalue weighted by Gasteiger charge is 2.36. The van der Waals surface area contributed by atoms with Gasteiger partial charge in [-0.25, -0.2) is 4.98 Å². The van der Waals surface area contributed by atoms with E-state index in [1.54, 1.807) is 7.11 Å². The number of fused-ring (bicyclic) bond motifs is 3. The van der Waals surface area contributed by atoms with Crippen LogP contribution < -0.4 is 5.32 Å². The Kier molecular flexibility index (Phi) is 4.89. The van der Waals surface area contributed by atoms with Crippen molar-refractivity contribution in [1.82, 2.24) is 9.38 Å². The molecule has 4 rings (SSSR count). The molecule has 5 nitrogen and oxygen atoms in total. The van der Waals surface area contributed by atoms with Crippen LogP contribution in [0, 0.1) is 19.8 Å². The van der Waals surface area contributed by atoms with Crippen molar-refractivity contribution in [3.63, 3.8) is 0 Å². The summed E-state index contributed by atoms with van der Waals surface area (Å²) in [4.78, 5) is 4.83. The van der Waals surface area contributed by atoms with Crippen LogP contribution in [0.4, 0.5) is 5.69 Å². The Morgan fingerprint density at radius 3 is 2.63 bits per heavy atom. The summed E-state index contributed by atoms with van der Waals surface area (Å²) in [5.74, 6) is 0.274. The molecule has 0 fully saturated rings. The van der Waals surface area contributed by atoms with Gasteiger partial charge in [-0.05, 0) is 25.5 Å². The highest BCUT2D eigenvalue weighted by atomic mass is 16.5. The van der Waals surface area contributed by atoms with Gasteiger partial charge in [-0.15, -0.1) is 0 Å². The van der Waals surface area contributed by atoms with Crippen LogP contribution in [0.2, 0.25) is 0 Å². The van der Waals surface area contributed by atoms with Crippen LogP contribution >= 0.6 is 0 Å². The highest BCUT2D eigenvalue weighted by Crippen LogP contribution is 2.46. The van der Waals surface area contributed by atoms with Gasteiger partial charge in [0, 0.05) is 30.5 Å². The lowest BCUT2D eigenvalue weighted by Crippen LogP contribution is -2.32. The molecule has 1 N–H and O–H groups in total. The fraction of sp³-hybridized carbons (Fsp3) is 0.409. The molecule has 0 bridgehead atoms. The molecule has 27 heavy (non-hydrogen) atoms. The normalized spacial score (nSPS) is 21.9. The number of methoxy groups -OCH3 is 1. The van der Waals surface area contributed by atoms with Crippen LogP contribution in [0.25, 0.3) is 5.65 Å². The van der Waals surface area contributed by atoms with Gasteiger partial charge in [-0.2, -0.15) is 0 Å². The molecule has 0 amide bonds. The van der Waals surface area contributed by atoms with Crippen molar-refractivity contribution in [2.45, 2.75) is 32.9 Å². The summed E-state index contributed by atoms with van der Waals surface area (Å²) in [7, 11) is 1.70. The number of benzene rings is 1. The van der Waals surface area contributed by atoms with E-state index in [2.05, 4.69) is 73.1 Å². The summed E-state index contributed by atoms with van der Waals surface area (Å²) < 4.78 is 13.7. The number of nitrogens with one attached hydrogen (secondary N) is 1. The van der Waals surface area contributed by atoms with Gasteiger partial charge in [0.25, 0.3) is 0 Å². The first-order chi connectivity index (χ1) is 13.1. The van der Waals surface area contributed by atoms with Crippen molar-refractivity contribution < 1.29 is 9.47 Å². The van der Waals surface area contributed by atoms with Gasteiger partial charge in [-0.1, -0.05) is 37.3 Å². The third-order valence-corrected chi connectivity index (χ3v) is 5.66. The van der Waals surface area contributed by atoms with Crippen LogP contribution in [0.3, 0.4) is 0 Å². The standard InChI is InChI=1S/C22H27N3O2/c1-14-19(17-8-6-5-7-9-17)24-20-18(21(14)27-13-12-26-4)10-11-25-16(3)15(2)23-22(20)25/h5-11,14,19,21,24H,12-13H2,1-4H3/t14?,19-,21-/m0/s1. The van der Waals surface area contributed by atoms with E-state index in [1.165, 1.54) is 16.8 Å². The van der Waals surface area contributed by atoms with Crippen LogP contribution in [0.15, 0.2) is 42.6 Å². The number of hydrogen-bond acceptors (Lipinski definition) is 4. The summed E-state index contributed by atoms with van der Waals surface area (Å²) in [6.07, 6.45) is 2.09. The number of rotatable bonds is 5. The largest absolute Gasteiger partial charge is 0.382 e. The number of anilines is 1. The lowest BCUT2D eigenvalue weighted by molar-refractivity contribution is -0.0178. The molecule has 1 unspecified atom stereocenters. The molecule has 3 aromatic rings. The van der Waals surface area contributed by atoms with E-state index in [4.69, 9.17) is 14.5 Å². The van der Waals surface area contributed by atoms with Gasteiger partial charge >= 0.3 is 0 Å². The number of aromatic nitrogens is 2. The van der Waals surface area contributed by atoms with Gasteiger partial charge in [-0.3, -0.25) is 0 Å². The highest BCUT2D eigenvalue weighted by molar-refractivity contribution is 5.75. The predicted octanol–water partition coefficient (Wildman–Crippen LogP) is 4.46. The van der Waals surface area contributed by atoms with E-state index in [0.717, 1.165) is 17.0 Å². The quantitative estimate of drug-likeness (QED) is 0.678. The maximum absolute atomic E-state index is 6.30. The fourth-order valence-corrected chi connectivity index (χ4v) is 4.03. The topological polar surface area (TPSA) is 47.8 Å². The van der Waals surface area contributed by atoms with E-state index in [1.807, 2.05) is 0 Å². The molecule has 0 aliphatic carbocycles. The Balaban J connectivity index is 1.82. The first kappa shape index (κ1) is 18.0. The number of imidazole rings is 1. The van der Waals surface area contributed by atoms with Crippen molar-refractivity contribution in [1.29, 1.82) is 0 Å². The molecule has 2 aromatic heterocycles. The van der Waals surface area contributed by atoms with E-state index in [-0.39, 0.29) is 18.1 Å².